The van der Waals surface area contributed by atoms with Crippen molar-refractivity contribution in [3.8, 4) is 0 Å². The van der Waals surface area contributed by atoms with E-state index in [-0.39, 0.29) is 12.3 Å². The first-order valence-electron chi connectivity index (χ1n) is 7.82. The van der Waals surface area contributed by atoms with Crippen molar-refractivity contribution in [2.24, 2.45) is 11.7 Å². The number of carbonyl (C=O) groups excluding carboxylic acids is 2. The molecule has 0 saturated heterocycles. The lowest BCUT2D eigenvalue weighted by Gasteiger charge is -2.18. The van der Waals surface area contributed by atoms with Gasteiger partial charge in [-0.3, -0.25) is 9.59 Å². The average molecular weight is 328 g/mol. The molecule has 0 saturated carbocycles. The van der Waals surface area contributed by atoms with E-state index in [0.717, 1.165) is 30.4 Å². The van der Waals surface area contributed by atoms with Crippen LogP contribution >= 0.6 is 11.3 Å². The van der Waals surface area contributed by atoms with Crippen molar-refractivity contribution >= 4 is 28.2 Å². The Morgan fingerprint density at radius 3 is 2.74 bits per heavy atom. The minimum Gasteiger partial charge on any atom is -0.365 e. The predicted molar refractivity (Wildman–Crippen MR) is 92.8 cm³/mol. The van der Waals surface area contributed by atoms with Gasteiger partial charge < -0.3 is 11.1 Å². The number of thiophene rings is 1. The van der Waals surface area contributed by atoms with Crippen LogP contribution in [0.5, 0.6) is 0 Å². The lowest BCUT2D eigenvalue weighted by Crippen LogP contribution is -2.20. The molecule has 120 valence electrons. The Kier molecular flexibility index (Phi) is 4.48. The fourth-order valence-electron chi connectivity index (χ4n) is 3.05. The van der Waals surface area contributed by atoms with Gasteiger partial charge in [0.1, 0.15) is 5.00 Å². The van der Waals surface area contributed by atoms with Gasteiger partial charge in [-0.15, -0.1) is 11.3 Å². The van der Waals surface area contributed by atoms with Crippen LogP contribution in [0.2, 0.25) is 0 Å². The van der Waals surface area contributed by atoms with E-state index in [4.69, 9.17) is 5.73 Å². The quantitative estimate of drug-likeness (QED) is 0.905. The molecule has 3 rings (SSSR count). The highest BCUT2D eigenvalue weighted by Crippen LogP contribution is 2.39. The summed E-state index contributed by atoms with van der Waals surface area (Å²) < 4.78 is 0. The second-order valence-corrected chi connectivity index (χ2v) is 7.24. The molecule has 0 radical (unpaired) electrons. The summed E-state index contributed by atoms with van der Waals surface area (Å²) >= 11 is 1.50. The van der Waals surface area contributed by atoms with Crippen LogP contribution in [-0.4, -0.2) is 11.8 Å². The third-order valence-corrected chi connectivity index (χ3v) is 5.39. The maximum absolute atomic E-state index is 12.3. The smallest absolute Gasteiger partial charge is 0.251 e. The summed E-state index contributed by atoms with van der Waals surface area (Å²) in [5, 5.41) is 3.50. The highest BCUT2D eigenvalue weighted by molar-refractivity contribution is 7.17. The number of hydrogen-bond donors (Lipinski definition) is 2. The summed E-state index contributed by atoms with van der Waals surface area (Å²) in [6.07, 6.45) is 3.16. The second-order valence-electron chi connectivity index (χ2n) is 6.13. The summed E-state index contributed by atoms with van der Waals surface area (Å²) in [4.78, 5) is 25.3. The van der Waals surface area contributed by atoms with E-state index in [1.807, 2.05) is 30.3 Å². The lowest BCUT2D eigenvalue weighted by molar-refractivity contribution is -0.115. The van der Waals surface area contributed by atoms with Crippen LogP contribution in [0.4, 0.5) is 5.00 Å². The number of benzene rings is 1. The molecule has 0 unspecified atom stereocenters. The standard InChI is InChI=1S/C18H20N2O2S/c1-11-7-8-13-14(9-11)23-18(16(13)17(19)22)20-15(21)10-12-5-3-2-4-6-12/h2-6,11H,7-10H2,1H3,(H2,19,22)(H,20,21)/t11-/m0/s1. The largest absolute Gasteiger partial charge is 0.365 e. The minimum absolute atomic E-state index is 0.120. The van der Waals surface area contributed by atoms with Gasteiger partial charge in [-0.2, -0.15) is 0 Å². The van der Waals surface area contributed by atoms with Gasteiger partial charge in [0.15, 0.2) is 0 Å². The molecular weight excluding hydrogens is 308 g/mol. The molecule has 23 heavy (non-hydrogen) atoms. The molecule has 2 amide bonds. The highest BCUT2D eigenvalue weighted by atomic mass is 32.1. The zero-order valence-corrected chi connectivity index (χ0v) is 13.9. The number of rotatable bonds is 4. The molecule has 0 fully saturated rings. The molecule has 3 N–H and O–H groups in total. The maximum atomic E-state index is 12.3. The molecule has 1 atom stereocenters. The summed E-state index contributed by atoms with van der Waals surface area (Å²) in [5.74, 6) is 0.0344. The van der Waals surface area contributed by atoms with Gasteiger partial charge >= 0.3 is 0 Å². The first kappa shape index (κ1) is 15.7. The van der Waals surface area contributed by atoms with E-state index in [1.54, 1.807) is 0 Å². The molecule has 1 heterocycles. The summed E-state index contributed by atoms with van der Waals surface area (Å²) in [7, 11) is 0. The number of nitrogens with one attached hydrogen (secondary N) is 1. The Labute approximate surface area is 139 Å². The number of anilines is 1. The van der Waals surface area contributed by atoms with Crippen LogP contribution in [0.3, 0.4) is 0 Å². The van der Waals surface area contributed by atoms with Crippen LogP contribution < -0.4 is 11.1 Å². The van der Waals surface area contributed by atoms with Crippen LogP contribution in [0.15, 0.2) is 30.3 Å². The number of primary amides is 1. The molecule has 1 aliphatic rings. The third kappa shape index (κ3) is 3.45. The molecule has 1 aliphatic carbocycles. The lowest BCUT2D eigenvalue weighted by atomic mass is 9.88. The Balaban J connectivity index is 1.82. The van der Waals surface area contributed by atoms with Crippen LogP contribution in [0.25, 0.3) is 0 Å². The van der Waals surface area contributed by atoms with Gasteiger partial charge in [0.2, 0.25) is 5.91 Å². The van der Waals surface area contributed by atoms with E-state index in [9.17, 15) is 9.59 Å². The molecule has 0 spiro atoms. The SMILES string of the molecule is C[C@H]1CCc2c(sc(NC(=O)Cc3ccccc3)c2C(N)=O)C1. The highest BCUT2D eigenvalue weighted by Gasteiger charge is 2.27. The first-order chi connectivity index (χ1) is 11.0. The monoisotopic (exact) mass is 328 g/mol. The normalized spacial score (nSPS) is 16.7. The van der Waals surface area contributed by atoms with E-state index in [0.29, 0.717) is 16.5 Å². The zero-order chi connectivity index (χ0) is 16.4. The van der Waals surface area contributed by atoms with E-state index in [2.05, 4.69) is 12.2 Å². The van der Waals surface area contributed by atoms with Crippen molar-refractivity contribution in [1.29, 1.82) is 0 Å². The van der Waals surface area contributed by atoms with Crippen molar-refractivity contribution in [3.05, 3.63) is 51.9 Å². The predicted octanol–water partition coefficient (Wildman–Crippen LogP) is 3.15. The number of hydrogen-bond acceptors (Lipinski definition) is 3. The maximum Gasteiger partial charge on any atom is 0.251 e. The van der Waals surface area contributed by atoms with Crippen LogP contribution in [-0.2, 0) is 24.1 Å². The second kappa shape index (κ2) is 6.54. The average Bonchev–Trinajstić information content (AvgIpc) is 2.84. The van der Waals surface area contributed by atoms with Crippen molar-refractivity contribution in [3.63, 3.8) is 0 Å². The summed E-state index contributed by atoms with van der Waals surface area (Å²) in [6, 6.07) is 9.55. The van der Waals surface area contributed by atoms with Gasteiger partial charge in [-0.1, -0.05) is 37.3 Å². The number of fused-ring (bicyclic) bond motifs is 1. The molecule has 0 aliphatic heterocycles. The first-order valence-corrected chi connectivity index (χ1v) is 8.64. The Morgan fingerprint density at radius 1 is 1.30 bits per heavy atom. The van der Waals surface area contributed by atoms with Gasteiger partial charge in [0, 0.05) is 4.88 Å². The molecular formula is C18H20N2O2S. The van der Waals surface area contributed by atoms with Gasteiger partial charge in [0.25, 0.3) is 5.91 Å². The molecule has 0 bridgehead atoms. The molecule has 1 aromatic carbocycles. The Bertz CT molecular complexity index is 737. The topological polar surface area (TPSA) is 72.2 Å². The van der Waals surface area contributed by atoms with Gasteiger partial charge in [-0.25, -0.2) is 0 Å². The number of carbonyl (C=O) groups is 2. The van der Waals surface area contributed by atoms with Gasteiger partial charge in [-0.05, 0) is 36.3 Å². The van der Waals surface area contributed by atoms with Crippen molar-refractivity contribution in [2.45, 2.75) is 32.6 Å². The summed E-state index contributed by atoms with van der Waals surface area (Å²) in [5.41, 5.74) is 8.06. The van der Waals surface area contributed by atoms with Crippen molar-refractivity contribution < 1.29 is 9.59 Å². The third-order valence-electron chi connectivity index (χ3n) is 4.22. The number of nitrogens with two attached hydrogens (primary N) is 1. The Hall–Kier alpha value is -2.14. The van der Waals surface area contributed by atoms with Gasteiger partial charge in [0.05, 0.1) is 12.0 Å². The summed E-state index contributed by atoms with van der Waals surface area (Å²) in [6.45, 7) is 2.21. The molecule has 5 heteroatoms. The number of amides is 2. The fraction of sp³-hybridized carbons (Fsp3) is 0.333. The Morgan fingerprint density at radius 2 is 2.04 bits per heavy atom. The minimum atomic E-state index is -0.452. The molecule has 2 aromatic rings. The van der Waals surface area contributed by atoms with Crippen molar-refractivity contribution in [1.82, 2.24) is 0 Å². The van der Waals surface area contributed by atoms with Crippen LogP contribution in [0, 0.1) is 5.92 Å². The van der Waals surface area contributed by atoms with Crippen molar-refractivity contribution in [2.75, 3.05) is 5.32 Å². The van der Waals surface area contributed by atoms with E-state index < -0.39 is 5.91 Å². The molecule has 4 nitrogen and oxygen atoms in total. The molecule has 1 aromatic heterocycles. The van der Waals surface area contributed by atoms with E-state index in [1.165, 1.54) is 16.2 Å². The zero-order valence-electron chi connectivity index (χ0n) is 13.1. The van der Waals surface area contributed by atoms with Crippen LogP contribution in [0.1, 0.15) is 39.7 Å². The van der Waals surface area contributed by atoms with E-state index >= 15 is 0 Å². The fourth-order valence-corrected chi connectivity index (χ4v) is 4.48.